The molecule has 7 nitrogen and oxygen atoms in total. The molecule has 1 aliphatic rings. The largest absolute Gasteiger partial charge is 0.454 e. The van der Waals surface area contributed by atoms with Gasteiger partial charge in [0.25, 0.3) is 0 Å². The lowest BCUT2D eigenvalue weighted by molar-refractivity contribution is 0.174. The number of rotatable bonds is 5. The van der Waals surface area contributed by atoms with E-state index in [2.05, 4.69) is 34.7 Å². The third kappa shape index (κ3) is 4.03. The highest BCUT2D eigenvalue weighted by Gasteiger charge is 2.14. The average molecular weight is 391 g/mol. The van der Waals surface area contributed by atoms with Crippen LogP contribution in [0.1, 0.15) is 22.5 Å². The average Bonchev–Trinajstić information content (AvgIpc) is 3.33. The Balaban J connectivity index is 1.39. The predicted molar refractivity (Wildman–Crippen MR) is 113 cm³/mol. The van der Waals surface area contributed by atoms with Crippen LogP contribution in [-0.2, 0) is 13.1 Å². The Morgan fingerprint density at radius 1 is 1.03 bits per heavy atom. The third-order valence-electron chi connectivity index (χ3n) is 5.00. The first kappa shape index (κ1) is 18.9. The van der Waals surface area contributed by atoms with Crippen LogP contribution in [0.15, 0.2) is 53.5 Å². The van der Waals surface area contributed by atoms with E-state index in [0.29, 0.717) is 13.1 Å². The van der Waals surface area contributed by atoms with Crippen molar-refractivity contribution in [3.8, 4) is 17.2 Å². The molecule has 4 rings (SSSR count). The summed E-state index contributed by atoms with van der Waals surface area (Å²) < 4.78 is 12.8. The van der Waals surface area contributed by atoms with E-state index < -0.39 is 0 Å². The number of nitrogens with one attached hydrogen (secondary N) is 2. The summed E-state index contributed by atoms with van der Waals surface area (Å²) in [6.45, 7) is 5.69. The molecule has 7 heteroatoms. The van der Waals surface area contributed by atoms with E-state index in [4.69, 9.17) is 14.6 Å². The molecule has 0 aliphatic carbocycles. The first-order valence-electron chi connectivity index (χ1n) is 9.59. The van der Waals surface area contributed by atoms with Gasteiger partial charge in [-0.2, -0.15) is 5.10 Å². The molecule has 2 aromatic carbocycles. The molecule has 0 atom stereocenters. The van der Waals surface area contributed by atoms with Crippen molar-refractivity contribution in [1.82, 2.24) is 20.4 Å². The normalized spacial score (nSPS) is 12.9. The lowest BCUT2D eigenvalue weighted by Gasteiger charge is -2.13. The van der Waals surface area contributed by atoms with Crippen molar-refractivity contribution in [3.63, 3.8) is 0 Å². The molecule has 0 amide bonds. The van der Waals surface area contributed by atoms with Gasteiger partial charge in [0.1, 0.15) is 0 Å². The standard InChI is InChI=1S/C22H25N5O2/c1-15-19(16(2)27(26-15)18-7-5-4-6-8-18)13-25-22(23-3)24-12-17-9-10-20-21(11-17)29-14-28-20/h4-11H,12-14H2,1-3H3,(H2,23,24,25). The number of ether oxygens (including phenoxy) is 2. The molecule has 29 heavy (non-hydrogen) atoms. The second-order valence-electron chi connectivity index (χ2n) is 6.86. The number of nitrogens with zero attached hydrogens (tertiary/aromatic N) is 3. The van der Waals surface area contributed by atoms with Gasteiger partial charge in [-0.15, -0.1) is 0 Å². The van der Waals surface area contributed by atoms with E-state index in [1.165, 1.54) is 5.56 Å². The molecule has 2 heterocycles. The molecule has 3 aromatic rings. The maximum Gasteiger partial charge on any atom is 0.231 e. The van der Waals surface area contributed by atoms with Gasteiger partial charge in [-0.25, -0.2) is 4.68 Å². The summed E-state index contributed by atoms with van der Waals surface area (Å²) in [6, 6.07) is 16.1. The van der Waals surface area contributed by atoms with Crippen LogP contribution in [0.5, 0.6) is 11.5 Å². The quantitative estimate of drug-likeness (QED) is 0.517. The zero-order chi connectivity index (χ0) is 20.2. The van der Waals surface area contributed by atoms with E-state index >= 15 is 0 Å². The Bertz CT molecular complexity index is 1030. The first-order chi connectivity index (χ1) is 14.2. The fraction of sp³-hybridized carbons (Fsp3) is 0.273. The fourth-order valence-electron chi connectivity index (χ4n) is 3.38. The maximum atomic E-state index is 5.44. The highest BCUT2D eigenvalue weighted by Crippen LogP contribution is 2.32. The number of benzene rings is 2. The van der Waals surface area contributed by atoms with Gasteiger partial charge in [0, 0.05) is 31.4 Å². The monoisotopic (exact) mass is 391 g/mol. The Labute approximate surface area is 170 Å². The van der Waals surface area contributed by atoms with Crippen LogP contribution in [0.4, 0.5) is 0 Å². The van der Waals surface area contributed by atoms with E-state index in [1.807, 2.05) is 48.0 Å². The van der Waals surface area contributed by atoms with Gasteiger partial charge in [0.15, 0.2) is 17.5 Å². The van der Waals surface area contributed by atoms with Crippen molar-refractivity contribution in [2.24, 2.45) is 4.99 Å². The molecule has 0 spiro atoms. The summed E-state index contributed by atoms with van der Waals surface area (Å²) in [7, 11) is 1.77. The minimum atomic E-state index is 0.283. The molecular weight excluding hydrogens is 366 g/mol. The topological polar surface area (TPSA) is 72.7 Å². The van der Waals surface area contributed by atoms with Crippen molar-refractivity contribution < 1.29 is 9.47 Å². The van der Waals surface area contributed by atoms with Crippen LogP contribution < -0.4 is 20.1 Å². The first-order valence-corrected chi connectivity index (χ1v) is 9.59. The molecule has 0 saturated carbocycles. The zero-order valence-electron chi connectivity index (χ0n) is 16.9. The van der Waals surface area contributed by atoms with E-state index in [1.54, 1.807) is 7.05 Å². The molecular formula is C22H25N5O2. The molecule has 0 saturated heterocycles. The number of guanidine groups is 1. The van der Waals surface area contributed by atoms with Gasteiger partial charge in [-0.1, -0.05) is 24.3 Å². The molecule has 2 N–H and O–H groups in total. The van der Waals surface area contributed by atoms with Crippen molar-refractivity contribution in [3.05, 3.63) is 71.0 Å². The van der Waals surface area contributed by atoms with Gasteiger partial charge in [-0.05, 0) is 43.7 Å². The van der Waals surface area contributed by atoms with Crippen LogP contribution in [0.3, 0.4) is 0 Å². The lowest BCUT2D eigenvalue weighted by atomic mass is 10.2. The smallest absolute Gasteiger partial charge is 0.231 e. The molecule has 150 valence electrons. The highest BCUT2D eigenvalue weighted by molar-refractivity contribution is 5.79. The minimum absolute atomic E-state index is 0.283. The summed E-state index contributed by atoms with van der Waals surface area (Å²) in [5.74, 6) is 2.30. The highest BCUT2D eigenvalue weighted by atomic mass is 16.7. The van der Waals surface area contributed by atoms with Gasteiger partial charge in [0.05, 0.1) is 11.4 Å². The zero-order valence-corrected chi connectivity index (χ0v) is 16.9. The number of aliphatic imine (C=N–C) groups is 1. The molecule has 0 radical (unpaired) electrons. The van der Waals surface area contributed by atoms with Crippen LogP contribution in [0.2, 0.25) is 0 Å². The minimum Gasteiger partial charge on any atom is -0.454 e. The number of hydrogen-bond acceptors (Lipinski definition) is 4. The van der Waals surface area contributed by atoms with Crippen molar-refractivity contribution in [2.45, 2.75) is 26.9 Å². The summed E-state index contributed by atoms with van der Waals surface area (Å²) in [5, 5.41) is 11.4. The van der Waals surface area contributed by atoms with Gasteiger partial charge < -0.3 is 20.1 Å². The van der Waals surface area contributed by atoms with Gasteiger partial charge in [0.2, 0.25) is 6.79 Å². The Morgan fingerprint density at radius 3 is 2.59 bits per heavy atom. The number of para-hydroxylation sites is 1. The van der Waals surface area contributed by atoms with E-state index in [-0.39, 0.29) is 6.79 Å². The molecule has 1 aromatic heterocycles. The summed E-state index contributed by atoms with van der Waals surface area (Å²) in [6.07, 6.45) is 0. The van der Waals surface area contributed by atoms with Crippen LogP contribution >= 0.6 is 0 Å². The second-order valence-corrected chi connectivity index (χ2v) is 6.86. The van der Waals surface area contributed by atoms with Gasteiger partial charge >= 0.3 is 0 Å². The predicted octanol–water partition coefficient (Wildman–Crippen LogP) is 3.08. The number of fused-ring (bicyclic) bond motifs is 1. The Morgan fingerprint density at radius 2 is 1.79 bits per heavy atom. The lowest BCUT2D eigenvalue weighted by Crippen LogP contribution is -2.36. The third-order valence-corrected chi connectivity index (χ3v) is 5.00. The molecule has 0 fully saturated rings. The molecule has 0 unspecified atom stereocenters. The Kier molecular flexibility index (Phi) is 5.37. The van der Waals surface area contributed by atoms with E-state index in [0.717, 1.165) is 40.1 Å². The van der Waals surface area contributed by atoms with Crippen molar-refractivity contribution in [1.29, 1.82) is 0 Å². The SMILES string of the molecule is CN=C(NCc1ccc2c(c1)OCO2)NCc1c(C)nn(-c2ccccc2)c1C. The van der Waals surface area contributed by atoms with Crippen LogP contribution in [0, 0.1) is 13.8 Å². The Hall–Kier alpha value is -3.48. The van der Waals surface area contributed by atoms with Crippen molar-refractivity contribution in [2.75, 3.05) is 13.8 Å². The number of aromatic nitrogens is 2. The second kappa shape index (κ2) is 8.26. The number of hydrogen-bond donors (Lipinski definition) is 2. The summed E-state index contributed by atoms with van der Waals surface area (Å²) >= 11 is 0. The molecule has 1 aliphatic heterocycles. The summed E-state index contributed by atoms with van der Waals surface area (Å²) in [4.78, 5) is 4.33. The fourth-order valence-corrected chi connectivity index (χ4v) is 3.38. The number of aryl methyl sites for hydroxylation is 1. The maximum absolute atomic E-state index is 5.44. The summed E-state index contributed by atoms with van der Waals surface area (Å²) in [5.41, 5.74) is 5.45. The van der Waals surface area contributed by atoms with E-state index in [9.17, 15) is 0 Å². The van der Waals surface area contributed by atoms with Crippen molar-refractivity contribution >= 4 is 5.96 Å². The van der Waals surface area contributed by atoms with Gasteiger partial charge in [-0.3, -0.25) is 4.99 Å². The molecule has 0 bridgehead atoms. The van der Waals surface area contributed by atoms with Crippen LogP contribution in [-0.4, -0.2) is 29.6 Å². The van der Waals surface area contributed by atoms with Crippen LogP contribution in [0.25, 0.3) is 5.69 Å².